The zero-order valence-electron chi connectivity index (χ0n) is 11.4. The van der Waals surface area contributed by atoms with Crippen molar-refractivity contribution in [2.45, 2.75) is 13.0 Å². The summed E-state index contributed by atoms with van der Waals surface area (Å²) >= 11 is 7.69. The predicted octanol–water partition coefficient (Wildman–Crippen LogP) is 4.51. The van der Waals surface area contributed by atoms with E-state index in [1.54, 1.807) is 11.3 Å². The molecule has 4 heteroatoms. The van der Waals surface area contributed by atoms with Crippen molar-refractivity contribution in [2.75, 3.05) is 0 Å². The van der Waals surface area contributed by atoms with E-state index in [0.29, 0.717) is 6.54 Å². The van der Waals surface area contributed by atoms with Crippen LogP contribution in [-0.4, -0.2) is 4.98 Å². The minimum atomic E-state index is 0.493. The van der Waals surface area contributed by atoms with Crippen LogP contribution in [0.1, 0.15) is 16.1 Å². The number of nitrogens with two attached hydrogens (primary N) is 1. The fraction of sp³-hybridized carbons (Fsp3) is 0.118. The molecule has 0 unspecified atom stereocenters. The quantitative estimate of drug-likeness (QED) is 0.769. The van der Waals surface area contributed by atoms with Crippen LogP contribution in [0.25, 0.3) is 11.3 Å². The minimum Gasteiger partial charge on any atom is -0.326 e. The van der Waals surface area contributed by atoms with Crippen molar-refractivity contribution in [1.29, 1.82) is 0 Å². The lowest BCUT2D eigenvalue weighted by atomic mass is 10.1. The topological polar surface area (TPSA) is 38.9 Å². The highest BCUT2D eigenvalue weighted by molar-refractivity contribution is 7.10. The van der Waals surface area contributed by atoms with Gasteiger partial charge >= 0.3 is 0 Å². The van der Waals surface area contributed by atoms with Crippen molar-refractivity contribution < 1.29 is 0 Å². The summed E-state index contributed by atoms with van der Waals surface area (Å²) in [6.07, 6.45) is 0.793. The number of thiazole rings is 1. The first-order valence-electron chi connectivity index (χ1n) is 6.73. The molecule has 3 rings (SSSR count). The van der Waals surface area contributed by atoms with Gasteiger partial charge in [-0.3, -0.25) is 0 Å². The van der Waals surface area contributed by atoms with Gasteiger partial charge in [-0.1, -0.05) is 48.0 Å². The average molecular weight is 315 g/mol. The van der Waals surface area contributed by atoms with E-state index in [1.165, 1.54) is 5.56 Å². The van der Waals surface area contributed by atoms with Crippen LogP contribution in [0.5, 0.6) is 0 Å². The van der Waals surface area contributed by atoms with E-state index in [1.807, 2.05) is 36.4 Å². The van der Waals surface area contributed by atoms with E-state index >= 15 is 0 Å². The van der Waals surface area contributed by atoms with E-state index in [0.717, 1.165) is 33.3 Å². The first-order chi connectivity index (χ1) is 10.3. The van der Waals surface area contributed by atoms with Gasteiger partial charge in [-0.2, -0.15) is 0 Å². The van der Waals surface area contributed by atoms with Crippen molar-refractivity contribution in [3.8, 4) is 11.3 Å². The largest absolute Gasteiger partial charge is 0.326 e. The Morgan fingerprint density at radius 1 is 1.05 bits per heavy atom. The molecule has 0 bridgehead atoms. The third-order valence-corrected chi connectivity index (χ3v) is 4.44. The van der Waals surface area contributed by atoms with E-state index in [9.17, 15) is 0 Å². The van der Waals surface area contributed by atoms with Crippen LogP contribution in [0.15, 0.2) is 53.9 Å². The van der Waals surface area contributed by atoms with Crippen molar-refractivity contribution in [2.24, 2.45) is 5.73 Å². The SMILES string of the molecule is NCc1cc(Cl)ccc1Cc1nc(-c2ccccc2)cs1. The second-order valence-corrected chi connectivity index (χ2v) is 6.17. The standard InChI is InChI=1S/C17H15ClN2S/c18-15-7-6-13(14(8-15)10-19)9-17-20-16(11-21-17)12-4-2-1-3-5-12/h1-8,11H,9-10,19H2. The van der Waals surface area contributed by atoms with Gasteiger partial charge < -0.3 is 5.73 Å². The average Bonchev–Trinajstić information content (AvgIpc) is 2.98. The van der Waals surface area contributed by atoms with Gasteiger partial charge in [0, 0.05) is 28.9 Å². The van der Waals surface area contributed by atoms with Crippen LogP contribution >= 0.6 is 22.9 Å². The summed E-state index contributed by atoms with van der Waals surface area (Å²) in [5.41, 5.74) is 10.2. The van der Waals surface area contributed by atoms with Crippen LogP contribution in [0.3, 0.4) is 0 Å². The molecule has 0 atom stereocenters. The summed E-state index contributed by atoms with van der Waals surface area (Å²) in [5.74, 6) is 0. The maximum Gasteiger partial charge on any atom is 0.0976 e. The minimum absolute atomic E-state index is 0.493. The number of halogens is 1. The van der Waals surface area contributed by atoms with Crippen molar-refractivity contribution >= 4 is 22.9 Å². The van der Waals surface area contributed by atoms with E-state index in [2.05, 4.69) is 17.5 Å². The van der Waals surface area contributed by atoms with Gasteiger partial charge in [0.1, 0.15) is 0 Å². The van der Waals surface area contributed by atoms with E-state index < -0.39 is 0 Å². The molecule has 0 radical (unpaired) electrons. The molecule has 0 saturated carbocycles. The van der Waals surface area contributed by atoms with Crippen molar-refractivity contribution in [3.05, 3.63) is 75.1 Å². The lowest BCUT2D eigenvalue weighted by Gasteiger charge is -2.06. The first-order valence-corrected chi connectivity index (χ1v) is 7.99. The van der Waals surface area contributed by atoms with Gasteiger partial charge in [0.2, 0.25) is 0 Å². The molecule has 1 aromatic heterocycles. The van der Waals surface area contributed by atoms with Crippen LogP contribution in [0, 0.1) is 0 Å². The molecule has 0 aliphatic rings. The first kappa shape index (κ1) is 14.3. The molecular formula is C17H15ClN2S. The van der Waals surface area contributed by atoms with Crippen molar-refractivity contribution in [3.63, 3.8) is 0 Å². The van der Waals surface area contributed by atoms with Crippen LogP contribution in [-0.2, 0) is 13.0 Å². The number of rotatable bonds is 4. The molecule has 1 heterocycles. The van der Waals surface area contributed by atoms with Crippen molar-refractivity contribution in [1.82, 2.24) is 4.98 Å². The zero-order chi connectivity index (χ0) is 14.7. The molecule has 2 N–H and O–H groups in total. The Labute approximate surface area is 133 Å². The molecule has 0 spiro atoms. The van der Waals surface area contributed by atoms with Crippen LogP contribution in [0.2, 0.25) is 5.02 Å². The predicted molar refractivity (Wildman–Crippen MR) is 89.7 cm³/mol. The Morgan fingerprint density at radius 2 is 1.86 bits per heavy atom. The lowest BCUT2D eigenvalue weighted by Crippen LogP contribution is -2.02. The highest BCUT2D eigenvalue weighted by Gasteiger charge is 2.08. The molecule has 3 aromatic rings. The Hall–Kier alpha value is -1.68. The molecule has 2 aromatic carbocycles. The zero-order valence-corrected chi connectivity index (χ0v) is 13.0. The molecule has 0 aliphatic heterocycles. The monoisotopic (exact) mass is 314 g/mol. The van der Waals surface area contributed by atoms with Crippen LogP contribution in [0.4, 0.5) is 0 Å². The molecule has 0 saturated heterocycles. The van der Waals surface area contributed by atoms with Gasteiger partial charge in [-0.05, 0) is 23.3 Å². The Balaban J connectivity index is 1.85. The maximum absolute atomic E-state index is 6.01. The fourth-order valence-corrected chi connectivity index (χ4v) is 3.27. The van der Waals surface area contributed by atoms with Crippen LogP contribution < -0.4 is 5.73 Å². The highest BCUT2D eigenvalue weighted by Crippen LogP contribution is 2.25. The molecular weight excluding hydrogens is 300 g/mol. The van der Waals surface area contributed by atoms with Gasteiger partial charge in [-0.15, -0.1) is 11.3 Å². The Bertz CT molecular complexity index is 738. The van der Waals surface area contributed by atoms with Gasteiger partial charge in [0.15, 0.2) is 0 Å². The normalized spacial score (nSPS) is 10.8. The molecule has 0 aliphatic carbocycles. The fourth-order valence-electron chi connectivity index (χ4n) is 2.25. The number of hydrogen-bond donors (Lipinski definition) is 1. The van der Waals surface area contributed by atoms with Gasteiger partial charge in [0.05, 0.1) is 10.7 Å². The second kappa shape index (κ2) is 6.39. The third-order valence-electron chi connectivity index (χ3n) is 3.35. The highest BCUT2D eigenvalue weighted by atomic mass is 35.5. The number of aromatic nitrogens is 1. The number of nitrogens with zero attached hydrogens (tertiary/aromatic N) is 1. The molecule has 0 amide bonds. The third kappa shape index (κ3) is 3.32. The summed E-state index contributed by atoms with van der Waals surface area (Å²) in [6.45, 7) is 0.493. The maximum atomic E-state index is 6.01. The summed E-state index contributed by atoms with van der Waals surface area (Å²) < 4.78 is 0. The number of hydrogen-bond acceptors (Lipinski definition) is 3. The Morgan fingerprint density at radius 3 is 2.62 bits per heavy atom. The Kier molecular flexibility index (Phi) is 4.34. The van der Waals surface area contributed by atoms with Gasteiger partial charge in [0.25, 0.3) is 0 Å². The van der Waals surface area contributed by atoms with E-state index in [-0.39, 0.29) is 0 Å². The smallest absolute Gasteiger partial charge is 0.0976 e. The lowest BCUT2D eigenvalue weighted by molar-refractivity contribution is 1.01. The molecule has 0 fully saturated rings. The molecule has 21 heavy (non-hydrogen) atoms. The second-order valence-electron chi connectivity index (χ2n) is 4.79. The van der Waals surface area contributed by atoms with Gasteiger partial charge in [-0.25, -0.2) is 4.98 Å². The summed E-state index contributed by atoms with van der Waals surface area (Å²) in [7, 11) is 0. The molecule has 106 valence electrons. The van der Waals surface area contributed by atoms with E-state index in [4.69, 9.17) is 22.3 Å². The molecule has 2 nitrogen and oxygen atoms in total. The number of benzene rings is 2. The summed E-state index contributed by atoms with van der Waals surface area (Å²) in [5, 5.41) is 3.91. The summed E-state index contributed by atoms with van der Waals surface area (Å²) in [4.78, 5) is 4.72. The summed E-state index contributed by atoms with van der Waals surface area (Å²) in [6, 6.07) is 16.1.